The molecule has 1 unspecified atom stereocenters. The van der Waals surface area contributed by atoms with Crippen molar-refractivity contribution < 1.29 is 13.7 Å². The monoisotopic (exact) mass is 279 g/mol. The molecule has 0 spiro atoms. The number of hydrogen-bond donors (Lipinski definition) is 1. The molecule has 20 heavy (non-hydrogen) atoms. The third-order valence-electron chi connectivity index (χ3n) is 3.30. The number of nitrogen functional groups attached to an aromatic ring is 1. The lowest BCUT2D eigenvalue weighted by Crippen LogP contribution is -2.26. The first kappa shape index (κ1) is 14.5. The lowest BCUT2D eigenvalue weighted by atomic mass is 10.0. The van der Waals surface area contributed by atoms with E-state index in [0.717, 1.165) is 0 Å². The molecule has 0 bridgehead atoms. The highest BCUT2D eigenvalue weighted by atomic mass is 19.1. The lowest BCUT2D eigenvalue weighted by molar-refractivity contribution is -0.0403. The van der Waals surface area contributed by atoms with Crippen LogP contribution in [0.2, 0.25) is 0 Å². The van der Waals surface area contributed by atoms with Gasteiger partial charge in [-0.2, -0.15) is 4.98 Å². The maximum atomic E-state index is 13.8. The van der Waals surface area contributed by atoms with Gasteiger partial charge in [-0.1, -0.05) is 18.1 Å². The van der Waals surface area contributed by atoms with E-state index < -0.39 is 11.4 Å². The topological polar surface area (TPSA) is 74.2 Å². The minimum Gasteiger partial charge on any atom is -0.398 e. The van der Waals surface area contributed by atoms with Gasteiger partial charge >= 0.3 is 0 Å². The second kappa shape index (κ2) is 5.58. The van der Waals surface area contributed by atoms with Gasteiger partial charge in [-0.15, -0.1) is 0 Å². The number of hydrogen-bond acceptors (Lipinski definition) is 5. The molecule has 108 valence electrons. The molecular formula is C14H18FN3O2. The van der Waals surface area contributed by atoms with Crippen LogP contribution in [-0.4, -0.2) is 16.7 Å². The van der Waals surface area contributed by atoms with Gasteiger partial charge in [-0.05, 0) is 32.4 Å². The van der Waals surface area contributed by atoms with Crippen molar-refractivity contribution >= 4 is 5.69 Å². The van der Waals surface area contributed by atoms with E-state index in [-0.39, 0.29) is 17.1 Å². The Morgan fingerprint density at radius 2 is 2.15 bits per heavy atom. The van der Waals surface area contributed by atoms with E-state index in [9.17, 15) is 4.39 Å². The van der Waals surface area contributed by atoms with Gasteiger partial charge in [0, 0.05) is 12.3 Å². The lowest BCUT2D eigenvalue weighted by Gasteiger charge is -2.23. The zero-order valence-corrected chi connectivity index (χ0v) is 11.8. The molecule has 0 saturated heterocycles. The van der Waals surface area contributed by atoms with E-state index in [1.54, 1.807) is 6.07 Å². The summed E-state index contributed by atoms with van der Waals surface area (Å²) in [5, 5.41) is 3.90. The summed E-state index contributed by atoms with van der Waals surface area (Å²) in [6.07, 6.45) is 0.673. The molecule has 1 atom stereocenters. The number of aromatic nitrogens is 2. The highest BCUT2D eigenvalue weighted by Crippen LogP contribution is 2.31. The van der Waals surface area contributed by atoms with E-state index in [1.807, 2.05) is 20.8 Å². The number of rotatable bonds is 5. The van der Waals surface area contributed by atoms with Crippen LogP contribution in [0.5, 0.6) is 0 Å². The average molecular weight is 279 g/mol. The van der Waals surface area contributed by atoms with Crippen LogP contribution in [0.3, 0.4) is 0 Å². The van der Waals surface area contributed by atoms with Gasteiger partial charge in [-0.3, -0.25) is 0 Å². The van der Waals surface area contributed by atoms with E-state index in [0.29, 0.717) is 18.9 Å². The fourth-order valence-electron chi connectivity index (χ4n) is 1.95. The zero-order valence-electron chi connectivity index (χ0n) is 11.8. The first-order valence-electron chi connectivity index (χ1n) is 6.54. The number of benzene rings is 1. The predicted octanol–water partition coefficient (Wildman–Crippen LogP) is 3.12. The second-order valence-corrected chi connectivity index (χ2v) is 4.64. The summed E-state index contributed by atoms with van der Waals surface area (Å²) in [4.78, 5) is 4.24. The Bertz CT molecular complexity index is 580. The molecule has 0 radical (unpaired) electrons. The van der Waals surface area contributed by atoms with Crippen molar-refractivity contribution in [3.05, 3.63) is 29.8 Å². The summed E-state index contributed by atoms with van der Waals surface area (Å²) in [5.74, 6) is -0.0377. The van der Waals surface area contributed by atoms with Crippen molar-refractivity contribution in [1.29, 1.82) is 0 Å². The largest absolute Gasteiger partial charge is 0.398 e. The van der Waals surface area contributed by atoms with E-state index in [1.165, 1.54) is 12.1 Å². The Labute approximate surface area is 116 Å². The molecule has 6 heteroatoms. The van der Waals surface area contributed by atoms with Crippen molar-refractivity contribution in [3.8, 4) is 11.5 Å². The molecule has 1 aromatic heterocycles. The molecule has 0 aliphatic carbocycles. The molecule has 1 heterocycles. The Morgan fingerprint density at radius 1 is 1.40 bits per heavy atom. The highest BCUT2D eigenvalue weighted by molar-refractivity contribution is 5.70. The van der Waals surface area contributed by atoms with Crippen molar-refractivity contribution in [3.63, 3.8) is 0 Å². The summed E-state index contributed by atoms with van der Waals surface area (Å²) in [7, 11) is 0. The summed E-state index contributed by atoms with van der Waals surface area (Å²) in [5.41, 5.74) is 5.49. The summed E-state index contributed by atoms with van der Waals surface area (Å²) < 4.78 is 24.6. The molecule has 2 N–H and O–H groups in total. The van der Waals surface area contributed by atoms with Gasteiger partial charge in [0.2, 0.25) is 5.82 Å². The van der Waals surface area contributed by atoms with Crippen LogP contribution in [0.25, 0.3) is 11.5 Å². The molecule has 0 saturated carbocycles. The molecule has 0 aliphatic heterocycles. The molecule has 2 aromatic rings. The van der Waals surface area contributed by atoms with E-state index in [4.69, 9.17) is 15.0 Å². The van der Waals surface area contributed by atoms with Crippen LogP contribution in [0.4, 0.5) is 10.1 Å². The maximum absolute atomic E-state index is 13.8. The van der Waals surface area contributed by atoms with Gasteiger partial charge in [0.05, 0.1) is 5.56 Å². The molecule has 5 nitrogen and oxygen atoms in total. The van der Waals surface area contributed by atoms with Crippen molar-refractivity contribution in [1.82, 2.24) is 10.1 Å². The van der Waals surface area contributed by atoms with Crippen LogP contribution in [-0.2, 0) is 10.3 Å². The Kier molecular flexibility index (Phi) is 4.04. The molecule has 1 aromatic carbocycles. The molecule has 0 aliphatic rings. The van der Waals surface area contributed by atoms with E-state index in [2.05, 4.69) is 10.1 Å². The zero-order chi connectivity index (χ0) is 14.8. The minimum absolute atomic E-state index is 0.0648. The Hall–Kier alpha value is -1.95. The van der Waals surface area contributed by atoms with Crippen LogP contribution in [0, 0.1) is 5.82 Å². The quantitative estimate of drug-likeness (QED) is 0.851. The number of nitrogens with two attached hydrogens (primary N) is 1. The maximum Gasteiger partial charge on any atom is 0.263 e. The van der Waals surface area contributed by atoms with Crippen LogP contribution >= 0.6 is 0 Å². The Balaban J connectivity index is 2.43. The fourth-order valence-corrected chi connectivity index (χ4v) is 1.95. The normalized spacial score (nSPS) is 14.2. The number of nitrogens with zero attached hydrogens (tertiary/aromatic N) is 2. The summed E-state index contributed by atoms with van der Waals surface area (Å²) >= 11 is 0. The van der Waals surface area contributed by atoms with Crippen molar-refractivity contribution in [2.75, 3.05) is 12.3 Å². The smallest absolute Gasteiger partial charge is 0.263 e. The van der Waals surface area contributed by atoms with Crippen LogP contribution < -0.4 is 5.73 Å². The third-order valence-corrected chi connectivity index (χ3v) is 3.30. The highest BCUT2D eigenvalue weighted by Gasteiger charge is 2.31. The fraction of sp³-hybridized carbons (Fsp3) is 0.429. The van der Waals surface area contributed by atoms with Crippen LogP contribution in [0.1, 0.15) is 33.0 Å². The standard InChI is InChI=1S/C14H18FN3O2/c1-4-14(3,19-5-2)13-17-12(20-18-13)11-9(15)7-6-8-10(11)16/h6-8H,4-5,16H2,1-3H3. The number of halogens is 1. The van der Waals surface area contributed by atoms with Gasteiger partial charge in [-0.25, -0.2) is 4.39 Å². The first-order valence-corrected chi connectivity index (χ1v) is 6.54. The SMILES string of the molecule is CCOC(C)(CC)c1noc(-c2c(N)cccc2F)n1. The third kappa shape index (κ3) is 2.51. The predicted molar refractivity (Wildman–Crippen MR) is 73.4 cm³/mol. The van der Waals surface area contributed by atoms with Gasteiger partial charge in [0.25, 0.3) is 5.89 Å². The summed E-state index contributed by atoms with van der Waals surface area (Å²) in [6.45, 7) is 6.25. The van der Waals surface area contributed by atoms with Crippen molar-refractivity contribution in [2.45, 2.75) is 32.8 Å². The number of ether oxygens (including phenoxy) is 1. The molecule has 2 rings (SSSR count). The van der Waals surface area contributed by atoms with Gasteiger partial charge in [0.1, 0.15) is 11.4 Å². The number of anilines is 1. The molecule has 0 amide bonds. The van der Waals surface area contributed by atoms with Crippen molar-refractivity contribution in [2.24, 2.45) is 0 Å². The average Bonchev–Trinajstić information content (AvgIpc) is 2.89. The van der Waals surface area contributed by atoms with Gasteiger partial charge in [0.15, 0.2) is 0 Å². The second-order valence-electron chi connectivity index (χ2n) is 4.64. The first-order chi connectivity index (χ1) is 9.51. The van der Waals surface area contributed by atoms with Gasteiger partial charge < -0.3 is 15.0 Å². The molecule has 0 fully saturated rings. The van der Waals surface area contributed by atoms with Crippen LogP contribution in [0.15, 0.2) is 22.7 Å². The summed E-state index contributed by atoms with van der Waals surface area (Å²) in [6, 6.07) is 4.42. The Morgan fingerprint density at radius 3 is 2.75 bits per heavy atom. The minimum atomic E-state index is -0.656. The van der Waals surface area contributed by atoms with E-state index >= 15 is 0 Å². The molecular weight excluding hydrogens is 261 g/mol.